The number of hydrogen-bond donors (Lipinski definition) is 1. The summed E-state index contributed by atoms with van der Waals surface area (Å²) in [5, 5.41) is 9.14. The second-order valence-electron chi connectivity index (χ2n) is 5.87. The van der Waals surface area contributed by atoms with E-state index < -0.39 is 17.6 Å². The molecule has 1 aliphatic rings. The number of nitrogens with zero attached hydrogens (tertiary/aromatic N) is 1. The molecule has 2 rings (SSSR count). The zero-order chi connectivity index (χ0) is 17.4. The van der Waals surface area contributed by atoms with E-state index in [-0.39, 0.29) is 19.8 Å². The lowest BCUT2D eigenvalue weighted by atomic mass is 9.90. The van der Waals surface area contributed by atoms with E-state index in [0.29, 0.717) is 32.2 Å². The van der Waals surface area contributed by atoms with Gasteiger partial charge in [-0.25, -0.2) is 9.59 Å². The summed E-state index contributed by atoms with van der Waals surface area (Å²) < 4.78 is 10.6. The number of amides is 1. The minimum Gasteiger partial charge on any atom is -0.464 e. The fraction of sp³-hybridized carbons (Fsp3) is 0.556. The fourth-order valence-corrected chi connectivity index (χ4v) is 3.15. The third-order valence-corrected chi connectivity index (χ3v) is 4.32. The highest BCUT2D eigenvalue weighted by Crippen LogP contribution is 2.35. The molecule has 1 saturated heterocycles. The molecule has 1 aliphatic heterocycles. The number of benzene rings is 1. The van der Waals surface area contributed by atoms with E-state index in [2.05, 4.69) is 0 Å². The summed E-state index contributed by atoms with van der Waals surface area (Å²) in [6.45, 7) is 2.58. The van der Waals surface area contributed by atoms with Crippen molar-refractivity contribution in [2.24, 2.45) is 0 Å². The average molecular weight is 335 g/mol. The Morgan fingerprint density at radius 3 is 2.67 bits per heavy atom. The second kappa shape index (κ2) is 8.68. The van der Waals surface area contributed by atoms with Crippen molar-refractivity contribution in [2.75, 3.05) is 19.8 Å². The number of likely N-dealkylation sites (tertiary alicyclic amines) is 1. The third kappa shape index (κ3) is 4.06. The Morgan fingerprint density at radius 2 is 2.00 bits per heavy atom. The summed E-state index contributed by atoms with van der Waals surface area (Å²) in [6.07, 6.45) is 1.54. The summed E-state index contributed by atoms with van der Waals surface area (Å²) in [5.74, 6) is -0.410. The Balaban J connectivity index is 2.09. The maximum atomic E-state index is 12.5. The van der Waals surface area contributed by atoms with Gasteiger partial charge in [0.15, 0.2) is 0 Å². The molecule has 0 saturated carbocycles. The largest absolute Gasteiger partial charge is 0.464 e. The molecule has 1 N–H and O–H groups in total. The molecular weight excluding hydrogens is 310 g/mol. The van der Waals surface area contributed by atoms with Crippen LogP contribution in [0, 0.1) is 0 Å². The molecule has 0 aliphatic carbocycles. The molecule has 24 heavy (non-hydrogen) atoms. The van der Waals surface area contributed by atoms with Crippen molar-refractivity contribution in [3.8, 4) is 0 Å². The highest BCUT2D eigenvalue weighted by atomic mass is 16.6. The topological polar surface area (TPSA) is 76.1 Å². The van der Waals surface area contributed by atoms with Crippen molar-refractivity contribution in [1.82, 2.24) is 4.90 Å². The van der Waals surface area contributed by atoms with Crippen molar-refractivity contribution in [3.63, 3.8) is 0 Å². The lowest BCUT2D eigenvalue weighted by Crippen LogP contribution is -2.54. The number of carbonyl (C=O) groups is 2. The van der Waals surface area contributed by atoms with Gasteiger partial charge in [0, 0.05) is 13.2 Å². The number of aliphatic hydroxyl groups excluding tert-OH is 1. The third-order valence-electron chi connectivity index (χ3n) is 4.32. The molecule has 1 heterocycles. The van der Waals surface area contributed by atoms with E-state index in [9.17, 15) is 9.59 Å². The van der Waals surface area contributed by atoms with Crippen LogP contribution in [0.15, 0.2) is 30.3 Å². The molecule has 1 fully saturated rings. The van der Waals surface area contributed by atoms with Gasteiger partial charge in [-0.15, -0.1) is 0 Å². The predicted octanol–water partition coefficient (Wildman–Crippen LogP) is 2.49. The van der Waals surface area contributed by atoms with Crippen LogP contribution in [0.1, 0.15) is 38.2 Å². The molecule has 6 heteroatoms. The minimum atomic E-state index is -1.02. The smallest absolute Gasteiger partial charge is 0.411 e. The van der Waals surface area contributed by atoms with Crippen LogP contribution < -0.4 is 0 Å². The van der Waals surface area contributed by atoms with Crippen molar-refractivity contribution >= 4 is 12.1 Å². The maximum absolute atomic E-state index is 12.5. The molecule has 0 aromatic heterocycles. The molecule has 0 unspecified atom stereocenters. The van der Waals surface area contributed by atoms with Crippen LogP contribution >= 0.6 is 0 Å². The Morgan fingerprint density at radius 1 is 1.25 bits per heavy atom. The van der Waals surface area contributed by atoms with Crippen molar-refractivity contribution in [3.05, 3.63) is 35.9 Å². The van der Waals surface area contributed by atoms with Crippen molar-refractivity contribution in [2.45, 2.75) is 44.8 Å². The van der Waals surface area contributed by atoms with Crippen LogP contribution in [0.5, 0.6) is 0 Å². The van der Waals surface area contributed by atoms with Crippen molar-refractivity contribution in [1.29, 1.82) is 0 Å². The van der Waals surface area contributed by atoms with Gasteiger partial charge < -0.3 is 14.6 Å². The monoisotopic (exact) mass is 335 g/mol. The van der Waals surface area contributed by atoms with Gasteiger partial charge in [0.1, 0.15) is 12.1 Å². The van der Waals surface area contributed by atoms with Gasteiger partial charge in [-0.1, -0.05) is 30.3 Å². The summed E-state index contributed by atoms with van der Waals surface area (Å²) in [7, 11) is 0. The molecule has 0 spiro atoms. The number of esters is 1. The molecule has 1 atom stereocenters. The molecule has 132 valence electrons. The molecule has 1 aromatic carbocycles. The van der Waals surface area contributed by atoms with Crippen LogP contribution in [0.3, 0.4) is 0 Å². The first-order valence-corrected chi connectivity index (χ1v) is 8.40. The summed E-state index contributed by atoms with van der Waals surface area (Å²) in [5.41, 5.74) is -0.130. The van der Waals surface area contributed by atoms with Gasteiger partial charge in [-0.3, -0.25) is 4.90 Å². The zero-order valence-corrected chi connectivity index (χ0v) is 14.1. The molecular formula is C18H25NO5. The van der Waals surface area contributed by atoms with Gasteiger partial charge in [-0.05, 0) is 38.2 Å². The number of carbonyl (C=O) groups excluding carboxylic acids is 2. The van der Waals surface area contributed by atoms with E-state index in [1.807, 2.05) is 30.3 Å². The molecule has 1 aromatic rings. The van der Waals surface area contributed by atoms with Crippen LogP contribution in [0.2, 0.25) is 0 Å². The highest BCUT2D eigenvalue weighted by molar-refractivity contribution is 5.86. The highest BCUT2D eigenvalue weighted by Gasteiger charge is 2.51. The summed E-state index contributed by atoms with van der Waals surface area (Å²) >= 11 is 0. The number of ether oxygens (including phenoxy) is 2. The summed E-state index contributed by atoms with van der Waals surface area (Å²) in [6, 6.07) is 9.40. The van der Waals surface area contributed by atoms with E-state index >= 15 is 0 Å². The number of aliphatic hydroxyl groups is 1. The van der Waals surface area contributed by atoms with Gasteiger partial charge >= 0.3 is 12.1 Å². The van der Waals surface area contributed by atoms with E-state index in [4.69, 9.17) is 14.6 Å². The van der Waals surface area contributed by atoms with Crippen LogP contribution in [-0.4, -0.2) is 47.4 Å². The van der Waals surface area contributed by atoms with E-state index in [1.54, 1.807) is 6.92 Å². The average Bonchev–Trinajstić information content (AvgIpc) is 3.04. The van der Waals surface area contributed by atoms with Crippen LogP contribution in [0.4, 0.5) is 4.79 Å². The Hall–Kier alpha value is -2.08. The van der Waals surface area contributed by atoms with Crippen molar-refractivity contribution < 1.29 is 24.2 Å². The minimum absolute atomic E-state index is 0.0337. The van der Waals surface area contributed by atoms with Gasteiger partial charge in [-0.2, -0.15) is 0 Å². The normalized spacial score (nSPS) is 20.0. The Bertz CT molecular complexity index is 548. The molecule has 6 nitrogen and oxygen atoms in total. The lowest BCUT2D eigenvalue weighted by Gasteiger charge is -2.35. The van der Waals surface area contributed by atoms with Crippen LogP contribution in [0.25, 0.3) is 0 Å². The molecule has 0 bridgehead atoms. The van der Waals surface area contributed by atoms with E-state index in [1.165, 1.54) is 4.90 Å². The number of rotatable bonds is 7. The SMILES string of the molecule is CCOC(=O)[C@]1(CCCO)CCCN1C(=O)OCc1ccccc1. The lowest BCUT2D eigenvalue weighted by molar-refractivity contribution is -0.156. The second-order valence-corrected chi connectivity index (χ2v) is 5.87. The first-order chi connectivity index (χ1) is 11.6. The standard InChI is InChI=1S/C18H25NO5/c1-2-23-16(21)18(11-7-13-20)10-6-12-19(18)17(22)24-14-15-8-4-3-5-9-15/h3-5,8-9,20H,2,6-7,10-14H2,1H3/t18-/m1/s1. The Kier molecular flexibility index (Phi) is 6.61. The van der Waals surface area contributed by atoms with Gasteiger partial charge in [0.05, 0.1) is 6.61 Å². The first-order valence-electron chi connectivity index (χ1n) is 8.40. The molecule has 1 amide bonds. The fourth-order valence-electron chi connectivity index (χ4n) is 3.15. The van der Waals surface area contributed by atoms with Gasteiger partial charge in [0.2, 0.25) is 0 Å². The quantitative estimate of drug-likeness (QED) is 0.775. The predicted molar refractivity (Wildman–Crippen MR) is 88.3 cm³/mol. The summed E-state index contributed by atoms with van der Waals surface area (Å²) in [4.78, 5) is 26.5. The maximum Gasteiger partial charge on any atom is 0.411 e. The zero-order valence-electron chi connectivity index (χ0n) is 14.1. The van der Waals surface area contributed by atoms with Crippen LogP contribution in [-0.2, 0) is 20.9 Å². The number of hydrogen-bond acceptors (Lipinski definition) is 5. The van der Waals surface area contributed by atoms with E-state index in [0.717, 1.165) is 5.56 Å². The first kappa shape index (κ1) is 18.3. The molecule has 0 radical (unpaired) electrons. The van der Waals surface area contributed by atoms with Gasteiger partial charge in [0.25, 0.3) is 0 Å². The Labute approximate surface area is 142 Å².